The zero-order valence-electron chi connectivity index (χ0n) is 11.5. The van der Waals surface area contributed by atoms with E-state index in [0.717, 1.165) is 0 Å². The van der Waals surface area contributed by atoms with Crippen LogP contribution >= 0.6 is 0 Å². The fourth-order valence-electron chi connectivity index (χ4n) is 1.80. The summed E-state index contributed by atoms with van der Waals surface area (Å²) < 4.78 is 32.0. The van der Waals surface area contributed by atoms with E-state index in [-0.39, 0.29) is 5.75 Å². The van der Waals surface area contributed by atoms with Gasteiger partial charge in [0.05, 0.1) is 0 Å². The first kappa shape index (κ1) is 15.0. The van der Waals surface area contributed by atoms with Gasteiger partial charge in [0.2, 0.25) is 0 Å². The Balaban J connectivity index is 2.07. The number of nitrogens with one attached hydrogen (secondary N) is 1. The fraction of sp³-hybridized carbons (Fsp3) is 0.188. The Bertz CT molecular complexity index is 631. The lowest BCUT2D eigenvalue weighted by molar-refractivity contribution is -0.122. The van der Waals surface area contributed by atoms with Crippen LogP contribution in [0.5, 0.6) is 5.75 Å². The van der Waals surface area contributed by atoms with Gasteiger partial charge in [0.1, 0.15) is 5.82 Å². The van der Waals surface area contributed by atoms with Gasteiger partial charge in [-0.1, -0.05) is 25.1 Å². The third-order valence-electron chi connectivity index (χ3n) is 2.86. The number of ether oxygens (including phenoxy) is 1. The Morgan fingerprint density at radius 1 is 1.19 bits per heavy atom. The highest BCUT2D eigenvalue weighted by atomic mass is 19.1. The number of hydrogen-bond acceptors (Lipinski definition) is 2. The molecule has 0 heterocycles. The first-order valence-corrected chi connectivity index (χ1v) is 6.57. The van der Waals surface area contributed by atoms with Crippen molar-refractivity contribution in [3.8, 4) is 5.75 Å². The third kappa shape index (κ3) is 4.02. The summed E-state index contributed by atoms with van der Waals surface area (Å²) in [6.45, 7) is 1.75. The van der Waals surface area contributed by atoms with Crippen LogP contribution in [0, 0.1) is 11.6 Å². The molecule has 0 spiro atoms. The van der Waals surface area contributed by atoms with Crippen LogP contribution in [-0.2, 0) is 4.79 Å². The lowest BCUT2D eigenvalue weighted by Crippen LogP contribution is -2.32. The number of anilines is 1. The highest BCUT2D eigenvalue weighted by molar-refractivity contribution is 5.94. The minimum absolute atomic E-state index is 0.0127. The molecule has 0 aromatic heterocycles. The number of benzene rings is 2. The van der Waals surface area contributed by atoms with E-state index in [4.69, 9.17) is 4.74 Å². The molecule has 21 heavy (non-hydrogen) atoms. The summed E-state index contributed by atoms with van der Waals surface area (Å²) in [6.07, 6.45) is -0.500. The SMILES string of the molecule is CC[C@@H](Oc1ccccc1F)C(=O)Nc1cccc(F)c1. The topological polar surface area (TPSA) is 38.3 Å². The van der Waals surface area contributed by atoms with E-state index in [1.165, 1.54) is 36.4 Å². The largest absolute Gasteiger partial charge is 0.478 e. The summed E-state index contributed by atoms with van der Waals surface area (Å²) in [5.41, 5.74) is 0.329. The Hall–Kier alpha value is -2.43. The Morgan fingerprint density at radius 3 is 2.62 bits per heavy atom. The lowest BCUT2D eigenvalue weighted by atomic mass is 10.2. The average Bonchev–Trinajstić information content (AvgIpc) is 2.46. The van der Waals surface area contributed by atoms with Crippen molar-refractivity contribution in [2.24, 2.45) is 0 Å². The molecule has 1 N–H and O–H groups in total. The van der Waals surface area contributed by atoms with Gasteiger partial charge >= 0.3 is 0 Å². The minimum atomic E-state index is -0.856. The zero-order valence-corrected chi connectivity index (χ0v) is 11.5. The van der Waals surface area contributed by atoms with Crippen LogP contribution in [0.25, 0.3) is 0 Å². The summed E-state index contributed by atoms with van der Waals surface area (Å²) in [4.78, 5) is 12.1. The maximum absolute atomic E-state index is 13.5. The van der Waals surface area contributed by atoms with E-state index in [0.29, 0.717) is 12.1 Å². The summed E-state index contributed by atoms with van der Waals surface area (Å²) in [5, 5.41) is 2.55. The monoisotopic (exact) mass is 291 g/mol. The molecule has 1 atom stereocenters. The van der Waals surface area contributed by atoms with Gasteiger partial charge < -0.3 is 10.1 Å². The number of carbonyl (C=O) groups is 1. The molecule has 0 saturated heterocycles. The van der Waals surface area contributed by atoms with Gasteiger partial charge in [-0.15, -0.1) is 0 Å². The van der Waals surface area contributed by atoms with Gasteiger partial charge in [-0.05, 0) is 36.8 Å². The van der Waals surface area contributed by atoms with E-state index in [2.05, 4.69) is 5.32 Å². The van der Waals surface area contributed by atoms with Crippen LogP contribution in [0.3, 0.4) is 0 Å². The lowest BCUT2D eigenvalue weighted by Gasteiger charge is -2.17. The first-order valence-electron chi connectivity index (χ1n) is 6.57. The standard InChI is InChI=1S/C16H15F2NO2/c1-2-14(21-15-9-4-3-8-13(15)18)16(20)19-12-7-5-6-11(17)10-12/h3-10,14H,2H2,1H3,(H,19,20)/t14-/m1/s1. The second kappa shape index (κ2) is 6.83. The smallest absolute Gasteiger partial charge is 0.265 e. The fourth-order valence-corrected chi connectivity index (χ4v) is 1.80. The molecule has 110 valence electrons. The van der Waals surface area contributed by atoms with Crippen molar-refractivity contribution in [3.05, 3.63) is 60.2 Å². The molecule has 0 fully saturated rings. The van der Waals surface area contributed by atoms with Gasteiger partial charge in [-0.2, -0.15) is 0 Å². The maximum atomic E-state index is 13.5. The highest BCUT2D eigenvalue weighted by Crippen LogP contribution is 2.19. The van der Waals surface area contributed by atoms with Crippen molar-refractivity contribution in [2.75, 3.05) is 5.32 Å². The molecule has 0 aliphatic heterocycles. The molecule has 1 amide bonds. The van der Waals surface area contributed by atoms with Crippen molar-refractivity contribution < 1.29 is 18.3 Å². The van der Waals surface area contributed by atoms with Crippen molar-refractivity contribution in [3.63, 3.8) is 0 Å². The van der Waals surface area contributed by atoms with Crippen LogP contribution in [0.15, 0.2) is 48.5 Å². The van der Waals surface area contributed by atoms with Gasteiger partial charge in [0.15, 0.2) is 17.7 Å². The molecule has 2 aromatic rings. The highest BCUT2D eigenvalue weighted by Gasteiger charge is 2.20. The summed E-state index contributed by atoms with van der Waals surface area (Å²) in [6, 6.07) is 11.4. The van der Waals surface area contributed by atoms with Crippen LogP contribution in [0.1, 0.15) is 13.3 Å². The van der Waals surface area contributed by atoms with Crippen molar-refractivity contribution in [2.45, 2.75) is 19.4 Å². The van der Waals surface area contributed by atoms with Crippen molar-refractivity contribution in [1.29, 1.82) is 0 Å². The molecule has 0 aliphatic carbocycles. The zero-order chi connectivity index (χ0) is 15.2. The number of carbonyl (C=O) groups excluding carboxylic acids is 1. The van der Waals surface area contributed by atoms with Crippen molar-refractivity contribution in [1.82, 2.24) is 0 Å². The summed E-state index contributed by atoms with van der Waals surface area (Å²) in [7, 11) is 0. The summed E-state index contributed by atoms with van der Waals surface area (Å²) >= 11 is 0. The van der Waals surface area contributed by atoms with Gasteiger partial charge in [0, 0.05) is 5.69 Å². The number of halogens is 2. The molecule has 0 bridgehead atoms. The van der Waals surface area contributed by atoms with Gasteiger partial charge in [-0.3, -0.25) is 4.79 Å². The Morgan fingerprint density at radius 2 is 1.95 bits per heavy atom. The van der Waals surface area contributed by atoms with Crippen LogP contribution in [0.4, 0.5) is 14.5 Å². The molecule has 2 rings (SSSR count). The quantitative estimate of drug-likeness (QED) is 0.911. The average molecular weight is 291 g/mol. The number of amides is 1. The number of para-hydroxylation sites is 1. The van der Waals surface area contributed by atoms with Crippen LogP contribution < -0.4 is 10.1 Å². The Labute approximate surface area is 121 Å². The first-order chi connectivity index (χ1) is 10.1. The van der Waals surface area contributed by atoms with Crippen molar-refractivity contribution >= 4 is 11.6 Å². The predicted octanol–water partition coefficient (Wildman–Crippen LogP) is 3.76. The molecule has 0 radical (unpaired) electrons. The number of hydrogen-bond donors (Lipinski definition) is 1. The van der Waals surface area contributed by atoms with E-state index in [1.807, 2.05) is 0 Å². The summed E-state index contributed by atoms with van der Waals surface area (Å²) in [5.74, 6) is -1.42. The third-order valence-corrected chi connectivity index (χ3v) is 2.86. The van der Waals surface area contributed by atoms with E-state index in [1.54, 1.807) is 19.1 Å². The molecule has 0 saturated carbocycles. The molecule has 3 nitrogen and oxygen atoms in total. The molecule has 0 aliphatic rings. The molecular weight excluding hydrogens is 276 g/mol. The second-order valence-electron chi connectivity index (χ2n) is 4.44. The second-order valence-corrected chi connectivity index (χ2v) is 4.44. The van der Waals surface area contributed by atoms with E-state index < -0.39 is 23.6 Å². The van der Waals surface area contributed by atoms with Gasteiger partial charge in [-0.25, -0.2) is 8.78 Å². The molecular formula is C16H15F2NO2. The van der Waals surface area contributed by atoms with E-state index >= 15 is 0 Å². The normalized spacial score (nSPS) is 11.8. The molecule has 2 aromatic carbocycles. The van der Waals surface area contributed by atoms with Crippen LogP contribution in [0.2, 0.25) is 0 Å². The van der Waals surface area contributed by atoms with E-state index in [9.17, 15) is 13.6 Å². The predicted molar refractivity (Wildman–Crippen MR) is 76.1 cm³/mol. The Kier molecular flexibility index (Phi) is 4.87. The van der Waals surface area contributed by atoms with Crippen LogP contribution in [-0.4, -0.2) is 12.0 Å². The minimum Gasteiger partial charge on any atom is -0.478 e. The number of rotatable bonds is 5. The van der Waals surface area contributed by atoms with Gasteiger partial charge in [0.25, 0.3) is 5.91 Å². The molecule has 5 heteroatoms. The molecule has 0 unspecified atom stereocenters. The maximum Gasteiger partial charge on any atom is 0.265 e.